The minimum atomic E-state index is 0.440. The molecule has 0 saturated carbocycles. The van der Waals surface area contributed by atoms with E-state index in [1.165, 1.54) is 0 Å². The molecule has 1 aromatic carbocycles. The molecular formula is C18H17N5O. The van der Waals surface area contributed by atoms with Crippen LogP contribution in [0.15, 0.2) is 54.9 Å². The molecule has 0 amide bonds. The van der Waals surface area contributed by atoms with E-state index in [-0.39, 0.29) is 0 Å². The molecule has 4 aromatic rings. The minimum Gasteiger partial charge on any atom is -0.487 e. The molecule has 0 saturated heterocycles. The summed E-state index contributed by atoms with van der Waals surface area (Å²) in [5.74, 6) is 1.60. The van der Waals surface area contributed by atoms with Crippen LogP contribution in [0.3, 0.4) is 0 Å². The number of imidazole rings is 1. The topological polar surface area (TPSA) is 68.6 Å². The van der Waals surface area contributed by atoms with Crippen LogP contribution in [-0.2, 0) is 13.2 Å². The third-order valence-electron chi connectivity index (χ3n) is 3.80. The summed E-state index contributed by atoms with van der Waals surface area (Å²) >= 11 is 0. The SMILES string of the molecule is CCn1ncc2[nH]c(-c3cccc(OCc4ccccn4)c3)nc21. The van der Waals surface area contributed by atoms with E-state index in [0.717, 1.165) is 40.5 Å². The van der Waals surface area contributed by atoms with Crippen LogP contribution in [-0.4, -0.2) is 24.7 Å². The van der Waals surface area contributed by atoms with E-state index in [2.05, 4.69) is 20.1 Å². The van der Waals surface area contributed by atoms with E-state index in [4.69, 9.17) is 4.74 Å². The number of hydrogen-bond donors (Lipinski definition) is 1. The lowest BCUT2D eigenvalue weighted by Crippen LogP contribution is -1.98. The van der Waals surface area contributed by atoms with Crippen LogP contribution in [0.25, 0.3) is 22.6 Å². The molecule has 0 fully saturated rings. The van der Waals surface area contributed by atoms with E-state index >= 15 is 0 Å². The normalized spacial score (nSPS) is 11.0. The lowest BCUT2D eigenvalue weighted by Gasteiger charge is -2.06. The highest BCUT2D eigenvalue weighted by Crippen LogP contribution is 2.24. The van der Waals surface area contributed by atoms with Crippen molar-refractivity contribution in [3.05, 3.63) is 60.6 Å². The Labute approximate surface area is 139 Å². The molecule has 0 atom stereocenters. The predicted octanol–water partition coefficient (Wildman–Crippen LogP) is 3.42. The Balaban J connectivity index is 1.58. The zero-order valence-electron chi connectivity index (χ0n) is 13.3. The van der Waals surface area contributed by atoms with Gasteiger partial charge in [-0.25, -0.2) is 9.67 Å². The molecule has 0 aliphatic rings. The molecular weight excluding hydrogens is 302 g/mol. The monoisotopic (exact) mass is 319 g/mol. The first kappa shape index (κ1) is 14.4. The van der Waals surface area contributed by atoms with Crippen LogP contribution in [0.4, 0.5) is 0 Å². The number of H-pyrrole nitrogens is 1. The van der Waals surface area contributed by atoms with Crippen LogP contribution < -0.4 is 4.74 Å². The molecule has 0 aliphatic heterocycles. The van der Waals surface area contributed by atoms with Crippen molar-refractivity contribution in [3.8, 4) is 17.1 Å². The minimum absolute atomic E-state index is 0.440. The largest absolute Gasteiger partial charge is 0.487 e. The van der Waals surface area contributed by atoms with Crippen LogP contribution in [0.2, 0.25) is 0 Å². The zero-order valence-corrected chi connectivity index (χ0v) is 13.3. The van der Waals surface area contributed by atoms with Crippen molar-refractivity contribution < 1.29 is 4.74 Å². The fourth-order valence-corrected chi connectivity index (χ4v) is 2.59. The third kappa shape index (κ3) is 2.74. The summed E-state index contributed by atoms with van der Waals surface area (Å²) < 4.78 is 7.70. The van der Waals surface area contributed by atoms with Gasteiger partial charge in [-0.2, -0.15) is 5.10 Å². The van der Waals surface area contributed by atoms with Crippen molar-refractivity contribution in [2.45, 2.75) is 20.1 Å². The van der Waals surface area contributed by atoms with Gasteiger partial charge in [-0.15, -0.1) is 0 Å². The molecule has 0 spiro atoms. The molecule has 0 radical (unpaired) electrons. The van der Waals surface area contributed by atoms with Gasteiger partial charge in [0.25, 0.3) is 0 Å². The van der Waals surface area contributed by atoms with Gasteiger partial charge in [0.15, 0.2) is 5.65 Å². The van der Waals surface area contributed by atoms with Gasteiger partial charge in [0.2, 0.25) is 0 Å². The standard InChI is InChI=1S/C18H17N5O/c1-2-23-18-16(11-20-23)21-17(22-18)13-6-5-8-15(10-13)24-12-14-7-3-4-9-19-14/h3-11H,2,12H2,1H3,(H,21,22). The smallest absolute Gasteiger partial charge is 0.176 e. The predicted molar refractivity (Wildman–Crippen MR) is 91.6 cm³/mol. The highest BCUT2D eigenvalue weighted by atomic mass is 16.5. The molecule has 1 N–H and O–H groups in total. The average Bonchev–Trinajstić information content (AvgIpc) is 3.21. The Morgan fingerprint density at radius 2 is 2.12 bits per heavy atom. The molecule has 24 heavy (non-hydrogen) atoms. The molecule has 3 heterocycles. The maximum absolute atomic E-state index is 5.83. The molecule has 120 valence electrons. The number of rotatable bonds is 5. The molecule has 6 nitrogen and oxygen atoms in total. The van der Waals surface area contributed by atoms with Gasteiger partial charge in [-0.3, -0.25) is 4.98 Å². The first-order chi connectivity index (χ1) is 11.8. The highest BCUT2D eigenvalue weighted by molar-refractivity contribution is 5.76. The Morgan fingerprint density at radius 1 is 1.17 bits per heavy atom. The third-order valence-corrected chi connectivity index (χ3v) is 3.80. The molecule has 4 rings (SSSR count). The molecule has 0 bridgehead atoms. The van der Waals surface area contributed by atoms with Crippen LogP contribution in [0.1, 0.15) is 12.6 Å². The lowest BCUT2D eigenvalue weighted by atomic mass is 10.2. The number of aromatic amines is 1. The van der Waals surface area contributed by atoms with Crippen LogP contribution in [0, 0.1) is 0 Å². The van der Waals surface area contributed by atoms with Crippen molar-refractivity contribution in [1.29, 1.82) is 0 Å². The number of nitrogens with zero attached hydrogens (tertiary/aromatic N) is 4. The molecule has 0 aliphatic carbocycles. The van der Waals surface area contributed by atoms with Gasteiger partial charge >= 0.3 is 0 Å². The Bertz CT molecular complexity index is 958. The van der Waals surface area contributed by atoms with Gasteiger partial charge in [0.1, 0.15) is 23.7 Å². The van der Waals surface area contributed by atoms with Crippen molar-refractivity contribution in [1.82, 2.24) is 24.7 Å². The Morgan fingerprint density at radius 3 is 2.96 bits per heavy atom. The van der Waals surface area contributed by atoms with E-state index in [1.807, 2.05) is 54.1 Å². The number of fused-ring (bicyclic) bond motifs is 1. The average molecular weight is 319 g/mol. The number of pyridine rings is 1. The number of aryl methyl sites for hydroxylation is 1. The number of hydrogen-bond acceptors (Lipinski definition) is 4. The second-order valence-electron chi connectivity index (χ2n) is 5.42. The molecule has 6 heteroatoms. The van der Waals surface area contributed by atoms with E-state index < -0.39 is 0 Å². The van der Waals surface area contributed by atoms with Crippen molar-refractivity contribution >= 4 is 11.2 Å². The number of aromatic nitrogens is 5. The van der Waals surface area contributed by atoms with E-state index in [0.29, 0.717) is 6.61 Å². The van der Waals surface area contributed by atoms with Gasteiger partial charge in [0, 0.05) is 18.3 Å². The van der Waals surface area contributed by atoms with E-state index in [1.54, 1.807) is 12.4 Å². The first-order valence-corrected chi connectivity index (χ1v) is 7.88. The van der Waals surface area contributed by atoms with Crippen molar-refractivity contribution in [2.75, 3.05) is 0 Å². The summed E-state index contributed by atoms with van der Waals surface area (Å²) in [7, 11) is 0. The lowest BCUT2D eigenvalue weighted by molar-refractivity contribution is 0.301. The fourth-order valence-electron chi connectivity index (χ4n) is 2.59. The van der Waals surface area contributed by atoms with Gasteiger partial charge < -0.3 is 9.72 Å². The van der Waals surface area contributed by atoms with Crippen LogP contribution in [0.5, 0.6) is 5.75 Å². The number of benzene rings is 1. The van der Waals surface area contributed by atoms with Crippen molar-refractivity contribution in [2.24, 2.45) is 0 Å². The highest BCUT2D eigenvalue weighted by Gasteiger charge is 2.10. The van der Waals surface area contributed by atoms with E-state index in [9.17, 15) is 0 Å². The maximum atomic E-state index is 5.83. The quantitative estimate of drug-likeness (QED) is 0.612. The zero-order chi connectivity index (χ0) is 16.4. The Hall–Kier alpha value is -3.15. The summed E-state index contributed by atoms with van der Waals surface area (Å²) in [6, 6.07) is 13.7. The van der Waals surface area contributed by atoms with Gasteiger partial charge in [0.05, 0.1) is 11.9 Å². The summed E-state index contributed by atoms with van der Waals surface area (Å²) in [5, 5.41) is 4.28. The number of ether oxygens (including phenoxy) is 1. The first-order valence-electron chi connectivity index (χ1n) is 7.88. The Kier molecular flexibility index (Phi) is 3.70. The summed E-state index contributed by atoms with van der Waals surface area (Å²) in [6.07, 6.45) is 3.57. The molecule has 3 aromatic heterocycles. The second-order valence-corrected chi connectivity index (χ2v) is 5.42. The summed E-state index contributed by atoms with van der Waals surface area (Å²) in [5.41, 5.74) is 3.68. The number of nitrogens with one attached hydrogen (secondary N) is 1. The van der Waals surface area contributed by atoms with Gasteiger partial charge in [-0.1, -0.05) is 18.2 Å². The summed E-state index contributed by atoms with van der Waals surface area (Å²) in [6.45, 7) is 3.28. The second kappa shape index (κ2) is 6.16. The van der Waals surface area contributed by atoms with Crippen molar-refractivity contribution in [3.63, 3.8) is 0 Å². The van der Waals surface area contributed by atoms with Crippen LogP contribution >= 0.6 is 0 Å². The van der Waals surface area contributed by atoms with Gasteiger partial charge in [-0.05, 0) is 31.2 Å². The maximum Gasteiger partial charge on any atom is 0.176 e. The summed E-state index contributed by atoms with van der Waals surface area (Å²) in [4.78, 5) is 12.2. The molecule has 0 unspecified atom stereocenters. The fraction of sp³-hybridized carbons (Fsp3) is 0.167.